The fraction of sp³-hybridized carbons (Fsp3) is 0.0909. The summed E-state index contributed by atoms with van der Waals surface area (Å²) >= 11 is 6.66. The molecule has 1 aromatic carbocycles. The quantitative estimate of drug-likeness (QED) is 0.864. The highest BCUT2D eigenvalue weighted by Gasteiger charge is 2.16. The molecule has 7 heteroatoms. The van der Waals surface area contributed by atoms with Gasteiger partial charge in [0.1, 0.15) is 4.21 Å². The third-order valence-electron chi connectivity index (χ3n) is 2.06. The smallest absolute Gasteiger partial charge is 0.271 e. The van der Waals surface area contributed by atoms with Crippen molar-refractivity contribution in [2.45, 2.75) is 10.8 Å². The van der Waals surface area contributed by atoms with Crippen LogP contribution in [0, 0.1) is 0 Å². The standard InChI is InChI=1S/C11H10ClNO3S2/c12-10-6-7-11(17-10)18(14,15)13-16-8-9-4-2-1-3-5-9/h1-7,13H,8H2. The topological polar surface area (TPSA) is 55.4 Å². The summed E-state index contributed by atoms with van der Waals surface area (Å²) in [6.07, 6.45) is 0. The van der Waals surface area contributed by atoms with Crippen LogP contribution in [0.4, 0.5) is 0 Å². The van der Waals surface area contributed by atoms with E-state index in [1.165, 1.54) is 12.1 Å². The maximum absolute atomic E-state index is 11.8. The Hall–Kier alpha value is -0.920. The summed E-state index contributed by atoms with van der Waals surface area (Å²) in [7, 11) is -3.65. The van der Waals surface area contributed by atoms with Crippen LogP contribution in [0.1, 0.15) is 5.56 Å². The second kappa shape index (κ2) is 5.81. The normalized spacial score (nSPS) is 11.6. The number of rotatable bonds is 5. The Morgan fingerprint density at radius 1 is 1.17 bits per heavy atom. The van der Waals surface area contributed by atoms with Crippen LogP contribution >= 0.6 is 22.9 Å². The average molecular weight is 304 g/mol. The molecule has 0 amide bonds. The van der Waals surface area contributed by atoms with E-state index >= 15 is 0 Å². The third kappa shape index (κ3) is 3.54. The fourth-order valence-corrected chi connectivity index (χ4v) is 3.52. The highest BCUT2D eigenvalue weighted by atomic mass is 35.5. The van der Waals surface area contributed by atoms with E-state index < -0.39 is 10.0 Å². The zero-order valence-corrected chi connectivity index (χ0v) is 11.6. The summed E-state index contributed by atoms with van der Waals surface area (Å²) in [5.74, 6) is 0. The molecular formula is C11H10ClNO3S2. The number of hydrogen-bond acceptors (Lipinski definition) is 4. The van der Waals surface area contributed by atoms with Crippen molar-refractivity contribution in [3.63, 3.8) is 0 Å². The van der Waals surface area contributed by atoms with Crippen molar-refractivity contribution >= 4 is 33.0 Å². The Morgan fingerprint density at radius 3 is 2.50 bits per heavy atom. The number of halogens is 1. The lowest BCUT2D eigenvalue weighted by atomic mass is 10.2. The van der Waals surface area contributed by atoms with Crippen LogP contribution in [-0.2, 0) is 21.5 Å². The number of thiophene rings is 1. The molecule has 0 unspecified atom stereocenters. The minimum atomic E-state index is -3.65. The van der Waals surface area contributed by atoms with Crippen LogP contribution in [0.5, 0.6) is 0 Å². The van der Waals surface area contributed by atoms with Crippen LogP contribution in [0.15, 0.2) is 46.7 Å². The van der Waals surface area contributed by atoms with Gasteiger partial charge in [0, 0.05) is 0 Å². The molecule has 1 heterocycles. The molecule has 0 aliphatic carbocycles. The van der Waals surface area contributed by atoms with Gasteiger partial charge in [-0.1, -0.05) is 46.8 Å². The number of nitrogens with one attached hydrogen (secondary N) is 1. The van der Waals surface area contributed by atoms with Crippen LogP contribution in [0.3, 0.4) is 0 Å². The molecule has 0 aliphatic rings. The highest BCUT2D eigenvalue weighted by molar-refractivity contribution is 7.91. The monoisotopic (exact) mass is 303 g/mol. The molecule has 0 radical (unpaired) electrons. The van der Waals surface area contributed by atoms with E-state index in [9.17, 15) is 8.42 Å². The average Bonchev–Trinajstić information content (AvgIpc) is 2.78. The lowest BCUT2D eigenvalue weighted by molar-refractivity contribution is 0.0797. The van der Waals surface area contributed by atoms with Gasteiger partial charge in [-0.2, -0.15) is 0 Å². The van der Waals surface area contributed by atoms with Gasteiger partial charge in [0.25, 0.3) is 10.0 Å². The summed E-state index contributed by atoms with van der Waals surface area (Å²) in [4.78, 5) is 7.03. The summed E-state index contributed by atoms with van der Waals surface area (Å²) < 4.78 is 24.0. The molecule has 2 rings (SSSR count). The Kier molecular flexibility index (Phi) is 4.36. The van der Waals surface area contributed by atoms with E-state index in [-0.39, 0.29) is 10.8 Å². The predicted molar refractivity (Wildman–Crippen MR) is 70.9 cm³/mol. The van der Waals surface area contributed by atoms with Crippen LogP contribution < -0.4 is 4.89 Å². The lowest BCUT2D eigenvalue weighted by Crippen LogP contribution is -2.23. The molecule has 0 atom stereocenters. The van der Waals surface area contributed by atoms with Gasteiger partial charge in [-0.15, -0.1) is 11.3 Å². The Bertz CT molecular complexity index is 610. The van der Waals surface area contributed by atoms with Gasteiger partial charge in [0.2, 0.25) is 0 Å². The van der Waals surface area contributed by atoms with E-state index in [0.29, 0.717) is 4.34 Å². The lowest BCUT2D eigenvalue weighted by Gasteiger charge is -2.05. The molecule has 18 heavy (non-hydrogen) atoms. The van der Waals surface area contributed by atoms with Crippen LogP contribution in [-0.4, -0.2) is 8.42 Å². The zero-order valence-electron chi connectivity index (χ0n) is 9.17. The van der Waals surface area contributed by atoms with Crippen molar-refractivity contribution in [1.82, 2.24) is 4.89 Å². The molecule has 0 saturated carbocycles. The van der Waals surface area contributed by atoms with Gasteiger partial charge >= 0.3 is 0 Å². The van der Waals surface area contributed by atoms with Gasteiger partial charge < -0.3 is 0 Å². The van der Waals surface area contributed by atoms with E-state index in [0.717, 1.165) is 16.9 Å². The van der Waals surface area contributed by atoms with Gasteiger partial charge in [0.15, 0.2) is 0 Å². The van der Waals surface area contributed by atoms with E-state index in [2.05, 4.69) is 4.89 Å². The second-order valence-electron chi connectivity index (χ2n) is 3.42. The predicted octanol–water partition coefficient (Wildman–Crippen LogP) is 2.81. The number of sulfonamides is 1. The van der Waals surface area contributed by atoms with Crippen molar-refractivity contribution in [3.8, 4) is 0 Å². The fourth-order valence-electron chi connectivity index (χ4n) is 1.25. The van der Waals surface area contributed by atoms with Crippen molar-refractivity contribution in [2.24, 2.45) is 0 Å². The second-order valence-corrected chi connectivity index (χ2v) is 7.01. The minimum Gasteiger partial charge on any atom is -0.282 e. The van der Waals surface area contributed by atoms with Crippen LogP contribution in [0.25, 0.3) is 0 Å². The molecular weight excluding hydrogens is 294 g/mol. The Balaban J connectivity index is 1.94. The number of hydrogen-bond donors (Lipinski definition) is 1. The van der Waals surface area contributed by atoms with Gasteiger partial charge in [-0.3, -0.25) is 4.84 Å². The maximum atomic E-state index is 11.8. The van der Waals surface area contributed by atoms with Crippen molar-refractivity contribution < 1.29 is 13.3 Å². The summed E-state index contributed by atoms with van der Waals surface area (Å²) in [5, 5.41) is 0. The van der Waals surface area contributed by atoms with Crippen molar-refractivity contribution in [2.75, 3.05) is 0 Å². The van der Waals surface area contributed by atoms with Crippen molar-refractivity contribution in [1.29, 1.82) is 0 Å². The summed E-state index contributed by atoms with van der Waals surface area (Å²) in [5.41, 5.74) is 0.879. The maximum Gasteiger partial charge on any atom is 0.271 e. The van der Waals surface area contributed by atoms with Gasteiger partial charge in [0.05, 0.1) is 10.9 Å². The van der Waals surface area contributed by atoms with E-state index in [1.807, 2.05) is 30.3 Å². The molecule has 0 fully saturated rings. The molecule has 4 nitrogen and oxygen atoms in total. The van der Waals surface area contributed by atoms with Gasteiger partial charge in [-0.05, 0) is 17.7 Å². The first-order valence-electron chi connectivity index (χ1n) is 5.01. The number of benzene rings is 1. The van der Waals surface area contributed by atoms with Gasteiger partial charge in [-0.25, -0.2) is 8.42 Å². The zero-order chi connectivity index (χ0) is 13.0. The van der Waals surface area contributed by atoms with E-state index in [4.69, 9.17) is 16.4 Å². The molecule has 1 N–H and O–H groups in total. The molecule has 0 aliphatic heterocycles. The minimum absolute atomic E-state index is 0.126. The molecule has 0 spiro atoms. The summed E-state index contributed by atoms with van der Waals surface area (Å²) in [6, 6.07) is 12.2. The third-order valence-corrected chi connectivity index (χ3v) is 5.00. The first-order chi connectivity index (χ1) is 8.58. The largest absolute Gasteiger partial charge is 0.282 e. The first kappa shape index (κ1) is 13.5. The van der Waals surface area contributed by atoms with Crippen LogP contribution in [0.2, 0.25) is 4.34 Å². The Labute approximate surface area is 114 Å². The van der Waals surface area contributed by atoms with E-state index in [1.54, 1.807) is 0 Å². The SMILES string of the molecule is O=S(=O)(NOCc1ccccc1)c1ccc(Cl)s1. The summed E-state index contributed by atoms with van der Waals surface area (Å²) in [6.45, 7) is 0.166. The van der Waals surface area contributed by atoms with Crippen molar-refractivity contribution in [3.05, 3.63) is 52.4 Å². The molecule has 2 aromatic rings. The molecule has 1 aromatic heterocycles. The molecule has 96 valence electrons. The molecule has 0 bridgehead atoms. The molecule has 0 saturated heterocycles. The highest BCUT2D eigenvalue weighted by Crippen LogP contribution is 2.25. The Morgan fingerprint density at radius 2 is 1.89 bits per heavy atom. The first-order valence-corrected chi connectivity index (χ1v) is 7.68.